The Labute approximate surface area is 305 Å². The monoisotopic (exact) mass is 702 g/mol. The zero-order valence-electron chi connectivity index (χ0n) is 30.5. The normalized spacial score (nSPS) is 46.8. The second-order valence-electron chi connectivity index (χ2n) is 18.8. The minimum absolute atomic E-state index is 0.0538. The van der Waals surface area contributed by atoms with Crippen LogP contribution in [-0.2, 0) is 29.8 Å². The number of carbonyl (C=O) groups excluding carboxylic acids is 1. The molecule has 0 bridgehead atoms. The standard InChI is InChI=1S/C43H50N4O5/c1-49-30-9-5-7-28-32(30)47-24-39(20-25-21-40-13-18-51-31(40)10-15-45-16-12-43(28,34(25)47)36(40)45)23-46-17-11-42-27-6-3-4-8-29(27)44-33(42)26(35(48)50-2)22-41(37(42)46)14-19-52-38(39)41/h3-9,25,31,34,36-38,44H,10-24H2,1-2H3/t25-,31+,34?,36+,37+,38+,39+,40-,41+,42+,43+/m1/s1. The van der Waals surface area contributed by atoms with E-state index in [1.807, 2.05) is 7.11 Å². The summed E-state index contributed by atoms with van der Waals surface area (Å²) in [6.45, 7) is 7.04. The van der Waals surface area contributed by atoms with E-state index < -0.39 is 0 Å². The van der Waals surface area contributed by atoms with Crippen molar-refractivity contribution in [1.29, 1.82) is 0 Å². The fraction of sp³-hybridized carbons (Fsp3) is 0.651. The molecule has 11 atom stereocenters. The van der Waals surface area contributed by atoms with E-state index in [0.29, 0.717) is 30.5 Å². The molecule has 5 spiro atoms. The maximum absolute atomic E-state index is 14.0. The number of hydrogen-bond donors (Lipinski definition) is 1. The highest BCUT2D eigenvalue weighted by Gasteiger charge is 2.79. The number of fused-ring (bicyclic) bond motifs is 4. The first-order valence-electron chi connectivity index (χ1n) is 20.3. The molecule has 272 valence electrons. The molecule has 7 saturated heterocycles. The molecule has 2 aliphatic carbocycles. The van der Waals surface area contributed by atoms with Crippen molar-refractivity contribution in [3.05, 3.63) is 64.9 Å². The van der Waals surface area contributed by atoms with Crippen LogP contribution in [0.1, 0.15) is 62.5 Å². The van der Waals surface area contributed by atoms with Gasteiger partial charge < -0.3 is 29.2 Å². The largest absolute Gasteiger partial charge is 0.495 e. The molecule has 0 aromatic heterocycles. The maximum atomic E-state index is 14.0. The van der Waals surface area contributed by atoms with Crippen molar-refractivity contribution in [3.8, 4) is 5.75 Å². The van der Waals surface area contributed by atoms with Crippen LogP contribution >= 0.6 is 0 Å². The third-order valence-corrected chi connectivity index (χ3v) is 17.5. The van der Waals surface area contributed by atoms with Crippen molar-refractivity contribution in [3.63, 3.8) is 0 Å². The lowest BCUT2D eigenvalue weighted by Gasteiger charge is -2.68. The molecule has 0 radical (unpaired) electrons. The van der Waals surface area contributed by atoms with Crippen molar-refractivity contribution in [2.24, 2.45) is 22.2 Å². The SMILES string of the molecule is COC(=O)C1=C2Nc3ccccc3[C@@]23CCN2C[C@]4(C[C@@H]5C[C@]67CCO[C@H]6CCN6CC[C@@]8(c9cccc(OC)c9N(C4)C58)[C@@H]67)[C@@H]4OCC[C@]4(C1)[C@H]23. The van der Waals surface area contributed by atoms with Gasteiger partial charge in [0.05, 0.1) is 43.1 Å². The van der Waals surface area contributed by atoms with Crippen LogP contribution in [0.2, 0.25) is 0 Å². The van der Waals surface area contributed by atoms with Gasteiger partial charge in [-0.25, -0.2) is 4.79 Å². The number of hydrogen-bond acceptors (Lipinski definition) is 9. The number of ether oxygens (including phenoxy) is 4. The van der Waals surface area contributed by atoms with Crippen LogP contribution in [0, 0.1) is 22.2 Å². The quantitative estimate of drug-likeness (QED) is 0.443. The van der Waals surface area contributed by atoms with Gasteiger partial charge in [0.2, 0.25) is 0 Å². The molecule has 9 heteroatoms. The van der Waals surface area contributed by atoms with Crippen LogP contribution in [0.5, 0.6) is 5.75 Å². The van der Waals surface area contributed by atoms with Gasteiger partial charge in [0.25, 0.3) is 0 Å². The zero-order valence-corrected chi connectivity index (χ0v) is 30.5. The minimum atomic E-state index is -0.252. The van der Waals surface area contributed by atoms with Gasteiger partial charge in [0, 0.05) is 84.0 Å². The van der Waals surface area contributed by atoms with Gasteiger partial charge in [0.1, 0.15) is 5.75 Å². The summed E-state index contributed by atoms with van der Waals surface area (Å²) >= 11 is 0. The first kappa shape index (κ1) is 30.2. The number of piperidine rings is 3. The van der Waals surface area contributed by atoms with Gasteiger partial charge in [-0.15, -0.1) is 0 Å². The van der Waals surface area contributed by atoms with Crippen LogP contribution in [-0.4, -0.2) is 106 Å². The molecule has 8 fully saturated rings. The first-order chi connectivity index (χ1) is 25.4. The van der Waals surface area contributed by atoms with E-state index in [-0.39, 0.29) is 45.2 Å². The van der Waals surface area contributed by atoms with Gasteiger partial charge in [-0.1, -0.05) is 30.3 Å². The molecule has 9 heterocycles. The van der Waals surface area contributed by atoms with Gasteiger partial charge in [-0.2, -0.15) is 0 Å². The number of carbonyl (C=O) groups is 1. The Morgan fingerprint density at radius 1 is 0.865 bits per heavy atom. The Morgan fingerprint density at radius 3 is 2.62 bits per heavy atom. The van der Waals surface area contributed by atoms with E-state index in [4.69, 9.17) is 18.9 Å². The molecule has 52 heavy (non-hydrogen) atoms. The third kappa shape index (κ3) is 3.05. The van der Waals surface area contributed by atoms with Crippen LogP contribution in [0.15, 0.2) is 53.7 Å². The van der Waals surface area contributed by atoms with E-state index in [2.05, 4.69) is 62.5 Å². The molecule has 0 amide bonds. The summed E-state index contributed by atoms with van der Waals surface area (Å²) in [4.78, 5) is 22.7. The Bertz CT molecular complexity index is 2000. The number of para-hydroxylation sites is 2. The van der Waals surface area contributed by atoms with Crippen molar-refractivity contribution in [1.82, 2.24) is 9.80 Å². The molecular formula is C43H50N4O5. The van der Waals surface area contributed by atoms with Crippen molar-refractivity contribution < 1.29 is 23.7 Å². The predicted molar refractivity (Wildman–Crippen MR) is 195 cm³/mol. The lowest BCUT2D eigenvalue weighted by molar-refractivity contribution is -0.174. The number of methoxy groups -OCH3 is 2. The zero-order chi connectivity index (χ0) is 34.4. The van der Waals surface area contributed by atoms with E-state index in [9.17, 15) is 4.79 Å². The average molecular weight is 703 g/mol. The topological polar surface area (TPSA) is 75.7 Å². The molecule has 11 aliphatic rings. The number of nitrogens with one attached hydrogen (secondary N) is 1. The van der Waals surface area contributed by atoms with E-state index >= 15 is 0 Å². The molecule has 1 saturated carbocycles. The van der Waals surface area contributed by atoms with Crippen LogP contribution < -0.4 is 15.0 Å². The summed E-state index contributed by atoms with van der Waals surface area (Å²) < 4.78 is 26.0. The van der Waals surface area contributed by atoms with E-state index in [1.54, 1.807) is 12.7 Å². The highest BCUT2D eigenvalue weighted by molar-refractivity contribution is 5.93. The van der Waals surface area contributed by atoms with Gasteiger partial charge in [0.15, 0.2) is 0 Å². The number of anilines is 2. The minimum Gasteiger partial charge on any atom is -0.495 e. The summed E-state index contributed by atoms with van der Waals surface area (Å²) in [6, 6.07) is 17.1. The van der Waals surface area contributed by atoms with Crippen molar-refractivity contribution >= 4 is 17.3 Å². The van der Waals surface area contributed by atoms with Crippen molar-refractivity contribution in [2.45, 2.75) is 92.5 Å². The molecule has 13 rings (SSSR count). The summed E-state index contributed by atoms with van der Waals surface area (Å²) in [7, 11) is 3.43. The molecule has 1 unspecified atom stereocenters. The highest BCUT2D eigenvalue weighted by atomic mass is 16.5. The molecule has 2 aromatic rings. The van der Waals surface area contributed by atoms with Crippen LogP contribution in [0.4, 0.5) is 11.4 Å². The Hall–Kier alpha value is -3.11. The predicted octanol–water partition coefficient (Wildman–Crippen LogP) is 4.84. The molecular weight excluding hydrogens is 652 g/mol. The van der Waals surface area contributed by atoms with Crippen LogP contribution in [0.25, 0.3) is 0 Å². The summed E-state index contributed by atoms with van der Waals surface area (Å²) in [5.74, 6) is 1.38. The second kappa shape index (κ2) is 9.57. The fourth-order valence-electron chi connectivity index (χ4n) is 16.8. The first-order valence-corrected chi connectivity index (χ1v) is 20.3. The average Bonchev–Trinajstić information content (AvgIpc) is 4.02. The fourth-order valence-corrected chi connectivity index (χ4v) is 16.8. The maximum Gasteiger partial charge on any atom is 0.335 e. The molecule has 9 nitrogen and oxygen atoms in total. The smallest absolute Gasteiger partial charge is 0.335 e. The number of nitrogens with zero attached hydrogens (tertiary/aromatic N) is 3. The number of benzene rings is 2. The van der Waals surface area contributed by atoms with Crippen LogP contribution in [0.3, 0.4) is 0 Å². The summed E-state index contributed by atoms with van der Waals surface area (Å²) in [5.41, 5.74) is 7.13. The number of rotatable bonds is 2. The van der Waals surface area contributed by atoms with Gasteiger partial charge in [-0.3, -0.25) is 9.80 Å². The van der Waals surface area contributed by atoms with E-state index in [0.717, 1.165) is 81.4 Å². The lowest BCUT2D eigenvalue weighted by atomic mass is 9.44. The highest BCUT2D eigenvalue weighted by Crippen LogP contribution is 2.75. The van der Waals surface area contributed by atoms with Gasteiger partial charge >= 0.3 is 5.97 Å². The van der Waals surface area contributed by atoms with E-state index in [1.165, 1.54) is 43.5 Å². The second-order valence-corrected chi connectivity index (χ2v) is 18.8. The Morgan fingerprint density at radius 2 is 1.71 bits per heavy atom. The summed E-state index contributed by atoms with van der Waals surface area (Å²) in [6.07, 6.45) is 9.09. The molecule has 2 aromatic carbocycles. The number of esters is 1. The Balaban J connectivity index is 1.01. The lowest BCUT2D eigenvalue weighted by Crippen LogP contribution is -2.76. The summed E-state index contributed by atoms with van der Waals surface area (Å²) in [5, 5.41) is 3.82. The molecule has 9 aliphatic heterocycles. The van der Waals surface area contributed by atoms with Gasteiger partial charge in [-0.05, 0) is 93.6 Å². The van der Waals surface area contributed by atoms with Crippen molar-refractivity contribution in [2.75, 3.05) is 70.4 Å². The Kier molecular flexibility index (Phi) is 5.57. The molecule has 1 N–H and O–H groups in total. The third-order valence-electron chi connectivity index (χ3n) is 17.5.